The standard InChI is InChI=1S/C15H18Cl2N2O3S/c1-18-4-5-19(14-9-23(21,22)8-13(14)18)15(20)7-10-2-3-11(16)12(17)6-10/h2-3,6,13-14H,4-5,7-9H2,1H3/t13-,14+/m0/s1. The van der Waals surface area contributed by atoms with Gasteiger partial charge in [0.05, 0.1) is 34.0 Å². The topological polar surface area (TPSA) is 57.7 Å². The summed E-state index contributed by atoms with van der Waals surface area (Å²) >= 11 is 11.9. The van der Waals surface area contributed by atoms with Crippen LogP contribution in [0.1, 0.15) is 5.56 Å². The van der Waals surface area contributed by atoms with Crippen molar-refractivity contribution in [1.82, 2.24) is 9.80 Å². The molecule has 2 atom stereocenters. The summed E-state index contributed by atoms with van der Waals surface area (Å²) in [5.41, 5.74) is 0.778. The lowest BCUT2D eigenvalue weighted by Gasteiger charge is -2.42. The van der Waals surface area contributed by atoms with E-state index in [2.05, 4.69) is 0 Å². The number of halogens is 2. The fourth-order valence-electron chi connectivity index (χ4n) is 3.36. The second-order valence-corrected chi connectivity index (χ2v) is 9.17. The van der Waals surface area contributed by atoms with Crippen LogP contribution in [0.5, 0.6) is 0 Å². The van der Waals surface area contributed by atoms with Crippen LogP contribution in [0.4, 0.5) is 0 Å². The molecule has 1 aromatic rings. The van der Waals surface area contributed by atoms with Gasteiger partial charge in [-0.15, -0.1) is 0 Å². The molecule has 0 aromatic heterocycles. The molecule has 1 amide bonds. The predicted octanol–water partition coefficient (Wildman–Crippen LogP) is 1.48. The number of piperazine rings is 1. The van der Waals surface area contributed by atoms with Crippen LogP contribution in [-0.2, 0) is 21.1 Å². The van der Waals surface area contributed by atoms with Gasteiger partial charge in [0.2, 0.25) is 5.91 Å². The number of carbonyl (C=O) groups excluding carboxylic acids is 1. The first-order valence-electron chi connectivity index (χ1n) is 7.41. The Hall–Kier alpha value is -0.820. The molecule has 0 aliphatic carbocycles. The largest absolute Gasteiger partial charge is 0.336 e. The Morgan fingerprint density at radius 1 is 1.17 bits per heavy atom. The van der Waals surface area contributed by atoms with Crippen LogP contribution >= 0.6 is 23.2 Å². The first kappa shape index (κ1) is 17.0. The van der Waals surface area contributed by atoms with E-state index in [0.29, 0.717) is 23.1 Å². The van der Waals surface area contributed by atoms with E-state index in [-0.39, 0.29) is 35.9 Å². The number of likely N-dealkylation sites (N-methyl/N-ethyl adjacent to an activating group) is 1. The summed E-state index contributed by atoms with van der Waals surface area (Å²) in [5, 5.41) is 0.862. The van der Waals surface area contributed by atoms with E-state index >= 15 is 0 Å². The second-order valence-electron chi connectivity index (χ2n) is 6.20. The van der Waals surface area contributed by atoms with Gasteiger partial charge in [-0.1, -0.05) is 29.3 Å². The van der Waals surface area contributed by atoms with Gasteiger partial charge in [0.25, 0.3) is 0 Å². The van der Waals surface area contributed by atoms with Gasteiger partial charge in [-0.3, -0.25) is 9.69 Å². The molecule has 23 heavy (non-hydrogen) atoms. The van der Waals surface area contributed by atoms with E-state index < -0.39 is 9.84 Å². The number of nitrogens with zero attached hydrogens (tertiary/aromatic N) is 2. The Bertz CT molecular complexity index is 738. The second kappa shape index (κ2) is 6.24. The Morgan fingerprint density at radius 2 is 1.87 bits per heavy atom. The third kappa shape index (κ3) is 3.50. The number of rotatable bonds is 2. The maximum absolute atomic E-state index is 12.7. The molecule has 8 heteroatoms. The maximum Gasteiger partial charge on any atom is 0.227 e. The molecular weight excluding hydrogens is 359 g/mol. The van der Waals surface area contributed by atoms with E-state index in [1.54, 1.807) is 23.1 Å². The summed E-state index contributed by atoms with van der Waals surface area (Å²) in [6, 6.07) is 4.76. The van der Waals surface area contributed by atoms with Gasteiger partial charge in [0.15, 0.2) is 9.84 Å². The number of fused-ring (bicyclic) bond motifs is 1. The summed E-state index contributed by atoms with van der Waals surface area (Å²) < 4.78 is 23.9. The van der Waals surface area contributed by atoms with Gasteiger partial charge >= 0.3 is 0 Å². The number of benzene rings is 1. The van der Waals surface area contributed by atoms with Crippen molar-refractivity contribution < 1.29 is 13.2 Å². The van der Waals surface area contributed by atoms with E-state index in [9.17, 15) is 13.2 Å². The SMILES string of the molecule is CN1CCN(C(=O)Cc2ccc(Cl)c(Cl)c2)[C@@H]2CS(=O)(=O)C[C@@H]21. The zero-order chi connectivity index (χ0) is 16.8. The highest BCUT2D eigenvalue weighted by atomic mass is 35.5. The zero-order valence-electron chi connectivity index (χ0n) is 12.7. The molecule has 2 heterocycles. The van der Waals surface area contributed by atoms with Crippen LogP contribution in [0.3, 0.4) is 0 Å². The predicted molar refractivity (Wildman–Crippen MR) is 90.7 cm³/mol. The van der Waals surface area contributed by atoms with Crippen molar-refractivity contribution in [3.8, 4) is 0 Å². The molecule has 0 radical (unpaired) electrons. The molecule has 3 rings (SSSR count). The van der Waals surface area contributed by atoms with Gasteiger partial charge in [0, 0.05) is 19.1 Å². The van der Waals surface area contributed by atoms with Crippen LogP contribution in [0, 0.1) is 0 Å². The molecule has 126 valence electrons. The van der Waals surface area contributed by atoms with Crippen LogP contribution < -0.4 is 0 Å². The van der Waals surface area contributed by atoms with Gasteiger partial charge in [-0.25, -0.2) is 8.42 Å². The van der Waals surface area contributed by atoms with Crippen molar-refractivity contribution in [2.45, 2.75) is 18.5 Å². The lowest BCUT2D eigenvalue weighted by molar-refractivity contribution is -0.135. The van der Waals surface area contributed by atoms with Gasteiger partial charge < -0.3 is 4.90 Å². The van der Waals surface area contributed by atoms with Gasteiger partial charge in [-0.2, -0.15) is 0 Å². The lowest BCUT2D eigenvalue weighted by atomic mass is 10.0. The van der Waals surface area contributed by atoms with Crippen molar-refractivity contribution in [1.29, 1.82) is 0 Å². The monoisotopic (exact) mass is 376 g/mol. The highest BCUT2D eigenvalue weighted by molar-refractivity contribution is 7.91. The molecule has 0 N–H and O–H groups in total. The molecule has 2 aliphatic heterocycles. The summed E-state index contributed by atoms with van der Waals surface area (Å²) in [6.45, 7) is 1.23. The Labute approximate surface area is 146 Å². The molecule has 2 fully saturated rings. The smallest absolute Gasteiger partial charge is 0.227 e. The summed E-state index contributed by atoms with van der Waals surface area (Å²) in [4.78, 5) is 16.4. The van der Waals surface area contributed by atoms with E-state index in [1.807, 2.05) is 11.9 Å². The number of carbonyl (C=O) groups is 1. The Balaban J connectivity index is 1.77. The average molecular weight is 377 g/mol. The minimum Gasteiger partial charge on any atom is -0.336 e. The number of hydrogen-bond donors (Lipinski definition) is 0. The minimum absolute atomic E-state index is 0.0507. The summed E-state index contributed by atoms with van der Waals surface area (Å²) in [6.07, 6.45) is 0.198. The quantitative estimate of drug-likeness (QED) is 0.784. The Kier molecular flexibility index (Phi) is 4.62. The third-order valence-corrected chi connectivity index (χ3v) is 7.05. The van der Waals surface area contributed by atoms with Crippen molar-refractivity contribution in [3.63, 3.8) is 0 Å². The zero-order valence-corrected chi connectivity index (χ0v) is 15.0. The summed E-state index contributed by atoms with van der Waals surface area (Å²) in [7, 11) is -1.17. The van der Waals surface area contributed by atoms with Crippen molar-refractivity contribution in [2.75, 3.05) is 31.6 Å². The number of hydrogen-bond acceptors (Lipinski definition) is 4. The van der Waals surface area contributed by atoms with Crippen molar-refractivity contribution >= 4 is 38.9 Å². The molecule has 2 aliphatic rings. The summed E-state index contributed by atoms with van der Waals surface area (Å²) in [5.74, 6) is 0.114. The molecule has 0 unspecified atom stereocenters. The van der Waals surface area contributed by atoms with Crippen LogP contribution in [0.25, 0.3) is 0 Å². The van der Waals surface area contributed by atoms with Gasteiger partial charge in [0.1, 0.15) is 0 Å². The number of amides is 1. The van der Waals surface area contributed by atoms with E-state index in [4.69, 9.17) is 23.2 Å². The molecule has 5 nitrogen and oxygen atoms in total. The lowest BCUT2D eigenvalue weighted by Crippen LogP contribution is -2.59. The minimum atomic E-state index is -3.09. The number of sulfone groups is 1. The van der Waals surface area contributed by atoms with Gasteiger partial charge in [-0.05, 0) is 24.7 Å². The van der Waals surface area contributed by atoms with Crippen LogP contribution in [0.15, 0.2) is 18.2 Å². The van der Waals surface area contributed by atoms with E-state index in [0.717, 1.165) is 5.56 Å². The molecule has 2 saturated heterocycles. The normalized spacial score (nSPS) is 27.0. The maximum atomic E-state index is 12.7. The Morgan fingerprint density at radius 3 is 2.57 bits per heavy atom. The van der Waals surface area contributed by atoms with Crippen molar-refractivity contribution in [2.24, 2.45) is 0 Å². The first-order chi connectivity index (χ1) is 10.8. The molecule has 0 spiro atoms. The molecule has 0 bridgehead atoms. The first-order valence-corrected chi connectivity index (χ1v) is 9.98. The fraction of sp³-hybridized carbons (Fsp3) is 0.533. The van der Waals surface area contributed by atoms with Crippen LogP contribution in [0.2, 0.25) is 10.0 Å². The average Bonchev–Trinajstić information content (AvgIpc) is 2.79. The van der Waals surface area contributed by atoms with Crippen molar-refractivity contribution in [3.05, 3.63) is 33.8 Å². The fourth-order valence-corrected chi connectivity index (χ4v) is 5.74. The highest BCUT2D eigenvalue weighted by Crippen LogP contribution is 2.27. The highest BCUT2D eigenvalue weighted by Gasteiger charge is 2.46. The van der Waals surface area contributed by atoms with E-state index in [1.165, 1.54) is 0 Å². The molecule has 0 saturated carbocycles. The third-order valence-electron chi connectivity index (χ3n) is 4.61. The molecular formula is C15H18Cl2N2O3S. The molecule has 1 aromatic carbocycles. The van der Waals surface area contributed by atoms with Crippen LogP contribution in [-0.4, -0.2) is 67.9 Å².